The predicted molar refractivity (Wildman–Crippen MR) is 249 cm³/mol. The molecule has 1 aliphatic heterocycles. The lowest BCUT2D eigenvalue weighted by molar-refractivity contribution is 0.518. The van der Waals surface area contributed by atoms with E-state index in [2.05, 4.69) is 230 Å². The molecule has 288 valence electrons. The van der Waals surface area contributed by atoms with Crippen molar-refractivity contribution in [1.82, 2.24) is 9.55 Å². The maximum Gasteiger partial charge on any atom is 0.138 e. The molecule has 0 bridgehead atoms. The van der Waals surface area contributed by atoms with E-state index in [1.54, 1.807) is 0 Å². The number of anilines is 6. The molecule has 0 atom stereocenters. The minimum absolute atomic E-state index is 0.0275. The van der Waals surface area contributed by atoms with Crippen LogP contribution >= 0.6 is 0 Å². The lowest BCUT2D eigenvalue weighted by atomic mass is 9.95. The van der Waals surface area contributed by atoms with E-state index in [0.29, 0.717) is 0 Å². The van der Waals surface area contributed by atoms with E-state index in [4.69, 9.17) is 4.98 Å². The van der Waals surface area contributed by atoms with Gasteiger partial charge in [-0.2, -0.15) is 0 Å². The van der Waals surface area contributed by atoms with E-state index in [1.165, 1.54) is 55.7 Å². The number of hydrogen-bond acceptors (Lipinski definition) is 4. The minimum Gasteiger partial charge on any atom is -0.347 e. The van der Waals surface area contributed by atoms with Gasteiger partial charge >= 0.3 is 0 Å². The molecule has 10 rings (SSSR count). The lowest BCUT2D eigenvalue weighted by Crippen LogP contribution is -2.42. The number of nitrogens with zero attached hydrogens (tertiary/aromatic N) is 5. The van der Waals surface area contributed by atoms with E-state index in [9.17, 15) is 0 Å². The summed E-state index contributed by atoms with van der Waals surface area (Å²) in [6.45, 7) is 12.1. The molecule has 0 aliphatic carbocycles. The fourth-order valence-electron chi connectivity index (χ4n) is 9.03. The Labute approximate surface area is 347 Å². The van der Waals surface area contributed by atoms with E-state index in [-0.39, 0.29) is 5.54 Å². The third kappa shape index (κ3) is 6.31. The second-order valence-corrected chi connectivity index (χ2v) is 16.6. The molecule has 1 aliphatic rings. The maximum atomic E-state index is 5.07. The molecule has 0 amide bonds. The standard InChI is InChI=1S/C54H47N5/c1-37-17-15-18-38(2)53(37)58(42-22-16-21-41(34-42)56-36-57(54(3,4)5)50-28-14-13-27-49(50)56)43-29-30-47-46-25-11-12-26-48(46)59(51(47)35-43)52-33-40(31-32-55-52)45-24-10-9-23-44(45)39-19-7-6-8-20-39/h6-35H,36H2,1-5H3. The van der Waals surface area contributed by atoms with E-state index >= 15 is 0 Å². The summed E-state index contributed by atoms with van der Waals surface area (Å²) in [6, 6.07) is 63.7. The van der Waals surface area contributed by atoms with Crippen LogP contribution < -0.4 is 14.7 Å². The van der Waals surface area contributed by atoms with Crippen molar-refractivity contribution in [2.75, 3.05) is 21.4 Å². The molecular weight excluding hydrogens is 719 g/mol. The lowest BCUT2D eigenvalue weighted by Gasteiger charge is -2.34. The van der Waals surface area contributed by atoms with Crippen molar-refractivity contribution < 1.29 is 0 Å². The highest BCUT2D eigenvalue weighted by Gasteiger charge is 2.33. The predicted octanol–water partition coefficient (Wildman–Crippen LogP) is 14.3. The Balaban J connectivity index is 1.15. The molecule has 0 saturated carbocycles. The first kappa shape index (κ1) is 36.2. The van der Waals surface area contributed by atoms with Crippen molar-refractivity contribution in [2.24, 2.45) is 0 Å². The Hall–Kier alpha value is -7.11. The highest BCUT2D eigenvalue weighted by molar-refractivity contribution is 6.10. The first-order valence-electron chi connectivity index (χ1n) is 20.5. The fourth-order valence-corrected chi connectivity index (χ4v) is 9.03. The van der Waals surface area contributed by atoms with Crippen LogP contribution in [0.3, 0.4) is 0 Å². The number of hydrogen-bond donors (Lipinski definition) is 0. The van der Waals surface area contributed by atoms with Crippen LogP contribution in [0, 0.1) is 13.8 Å². The molecule has 0 radical (unpaired) electrons. The summed E-state index contributed by atoms with van der Waals surface area (Å²) >= 11 is 0. The van der Waals surface area contributed by atoms with E-state index in [1.807, 2.05) is 6.20 Å². The van der Waals surface area contributed by atoms with Crippen LogP contribution in [-0.4, -0.2) is 21.8 Å². The van der Waals surface area contributed by atoms with Gasteiger partial charge in [-0.3, -0.25) is 4.57 Å². The average Bonchev–Trinajstić information content (AvgIpc) is 3.82. The molecule has 59 heavy (non-hydrogen) atoms. The Morgan fingerprint density at radius 2 is 1.17 bits per heavy atom. The number of fused-ring (bicyclic) bond motifs is 4. The Bertz CT molecular complexity index is 2990. The van der Waals surface area contributed by atoms with Gasteiger partial charge < -0.3 is 14.7 Å². The van der Waals surface area contributed by atoms with Gasteiger partial charge in [-0.1, -0.05) is 115 Å². The smallest absolute Gasteiger partial charge is 0.138 e. The van der Waals surface area contributed by atoms with E-state index < -0.39 is 0 Å². The molecule has 0 spiro atoms. The third-order valence-electron chi connectivity index (χ3n) is 11.8. The molecule has 0 unspecified atom stereocenters. The summed E-state index contributed by atoms with van der Waals surface area (Å²) in [5.41, 5.74) is 16.3. The molecule has 5 nitrogen and oxygen atoms in total. The number of aromatic nitrogens is 2. The van der Waals surface area contributed by atoms with Gasteiger partial charge in [0.1, 0.15) is 5.82 Å². The van der Waals surface area contributed by atoms with Crippen molar-refractivity contribution in [2.45, 2.75) is 40.2 Å². The number of rotatable bonds is 7. The summed E-state index contributed by atoms with van der Waals surface area (Å²) in [6.07, 6.45) is 1.95. The third-order valence-corrected chi connectivity index (χ3v) is 11.8. The molecule has 5 heteroatoms. The van der Waals surface area contributed by atoms with Gasteiger partial charge in [0.25, 0.3) is 0 Å². The van der Waals surface area contributed by atoms with Crippen molar-refractivity contribution in [3.63, 3.8) is 0 Å². The monoisotopic (exact) mass is 765 g/mol. The maximum absolute atomic E-state index is 5.07. The topological polar surface area (TPSA) is 27.5 Å². The molecule has 2 aromatic heterocycles. The zero-order valence-corrected chi connectivity index (χ0v) is 34.3. The normalized spacial score (nSPS) is 12.7. The van der Waals surface area contributed by atoms with Crippen molar-refractivity contribution in [1.29, 1.82) is 0 Å². The summed E-state index contributed by atoms with van der Waals surface area (Å²) in [7, 11) is 0. The number of benzene rings is 7. The zero-order chi connectivity index (χ0) is 40.3. The number of aryl methyl sites for hydroxylation is 2. The van der Waals surface area contributed by atoms with Gasteiger partial charge in [0.2, 0.25) is 0 Å². The molecule has 0 fully saturated rings. The van der Waals surface area contributed by atoms with Crippen molar-refractivity contribution in [3.8, 4) is 28.1 Å². The quantitative estimate of drug-likeness (QED) is 0.161. The highest BCUT2D eigenvalue weighted by Crippen LogP contribution is 2.47. The van der Waals surface area contributed by atoms with Crippen LogP contribution in [0.25, 0.3) is 49.9 Å². The van der Waals surface area contributed by atoms with Gasteiger partial charge in [0.15, 0.2) is 0 Å². The second-order valence-electron chi connectivity index (χ2n) is 16.6. The second kappa shape index (κ2) is 14.4. The van der Waals surface area contributed by atoms with Crippen molar-refractivity contribution >= 4 is 55.9 Å². The average molecular weight is 766 g/mol. The van der Waals surface area contributed by atoms with Crippen LogP contribution in [-0.2, 0) is 0 Å². The van der Waals surface area contributed by atoms with E-state index in [0.717, 1.165) is 46.1 Å². The van der Waals surface area contributed by atoms with Gasteiger partial charge in [-0.05, 0) is 129 Å². The Morgan fingerprint density at radius 3 is 1.95 bits per heavy atom. The minimum atomic E-state index is -0.0275. The molecule has 7 aromatic carbocycles. The summed E-state index contributed by atoms with van der Waals surface area (Å²) in [5.74, 6) is 0.880. The first-order valence-corrected chi connectivity index (χ1v) is 20.5. The van der Waals surface area contributed by atoms with Crippen LogP contribution in [0.15, 0.2) is 182 Å². The largest absolute Gasteiger partial charge is 0.347 e. The SMILES string of the molecule is Cc1cccc(C)c1N(c1cccc(N2CN(C(C)(C)C)c3ccccc32)c1)c1ccc2c3ccccc3n(-c3cc(-c4ccccc4-c4ccccc4)ccn3)c2c1. The Morgan fingerprint density at radius 1 is 0.525 bits per heavy atom. The molecular formula is C54H47N5. The van der Waals surface area contributed by atoms with Gasteiger partial charge in [0.05, 0.1) is 34.8 Å². The summed E-state index contributed by atoms with van der Waals surface area (Å²) < 4.78 is 2.34. The van der Waals surface area contributed by atoms with Crippen LogP contribution in [0.5, 0.6) is 0 Å². The molecule has 3 heterocycles. The number of pyridine rings is 1. The van der Waals surface area contributed by atoms with Gasteiger partial charge in [0, 0.05) is 39.6 Å². The molecule has 9 aromatic rings. The molecule has 0 N–H and O–H groups in total. The van der Waals surface area contributed by atoms with Gasteiger partial charge in [-0.25, -0.2) is 4.98 Å². The summed E-state index contributed by atoms with van der Waals surface area (Å²) in [4.78, 5) is 12.5. The summed E-state index contributed by atoms with van der Waals surface area (Å²) in [5, 5.41) is 2.38. The zero-order valence-electron chi connectivity index (χ0n) is 34.3. The highest BCUT2D eigenvalue weighted by atomic mass is 15.4. The fraction of sp³-hybridized carbons (Fsp3) is 0.130. The van der Waals surface area contributed by atoms with Gasteiger partial charge in [-0.15, -0.1) is 0 Å². The Kier molecular flexibility index (Phi) is 8.83. The first-order chi connectivity index (χ1) is 28.7. The van der Waals surface area contributed by atoms with Crippen LogP contribution in [0.4, 0.5) is 34.1 Å². The van der Waals surface area contributed by atoms with Crippen LogP contribution in [0.1, 0.15) is 31.9 Å². The van der Waals surface area contributed by atoms with Crippen molar-refractivity contribution in [3.05, 3.63) is 193 Å². The molecule has 0 saturated heterocycles. The van der Waals surface area contributed by atoms with Crippen LogP contribution in [0.2, 0.25) is 0 Å². The number of para-hydroxylation sites is 4.